The maximum Gasteiger partial charge on any atom is 0.405 e. The summed E-state index contributed by atoms with van der Waals surface area (Å²) in [6, 6.07) is 5.47. The number of hydrogen-bond donors (Lipinski definition) is 1. The highest BCUT2D eigenvalue weighted by Gasteiger charge is 2.30. The largest absolute Gasteiger partial charge is 0.405 e. The van der Waals surface area contributed by atoms with Gasteiger partial charge in [0, 0.05) is 17.6 Å². The Labute approximate surface area is 126 Å². The molecule has 1 aromatic rings. The van der Waals surface area contributed by atoms with Crippen molar-refractivity contribution in [1.29, 1.82) is 0 Å². The van der Waals surface area contributed by atoms with E-state index in [0.717, 1.165) is 25.1 Å². The number of anilines is 1. The number of halogens is 4. The highest BCUT2D eigenvalue weighted by Crippen LogP contribution is 2.29. The van der Waals surface area contributed by atoms with Gasteiger partial charge in [-0.05, 0) is 53.5 Å². The van der Waals surface area contributed by atoms with Crippen molar-refractivity contribution in [1.82, 2.24) is 5.32 Å². The van der Waals surface area contributed by atoms with Gasteiger partial charge in [0.25, 0.3) is 0 Å². The van der Waals surface area contributed by atoms with Gasteiger partial charge in [-0.3, -0.25) is 0 Å². The minimum Gasteiger partial charge on any atom is -0.362 e. The van der Waals surface area contributed by atoms with E-state index < -0.39 is 12.7 Å². The van der Waals surface area contributed by atoms with Gasteiger partial charge in [-0.1, -0.05) is 13.0 Å². The SMILES string of the molecule is CCCNCc1ccc(N(CC)CC(F)(F)F)c(Br)c1. The molecule has 1 N–H and O–H groups in total. The number of alkyl halides is 3. The molecule has 0 aliphatic rings. The van der Waals surface area contributed by atoms with Crippen LogP contribution in [0.3, 0.4) is 0 Å². The van der Waals surface area contributed by atoms with Crippen LogP contribution in [0.5, 0.6) is 0 Å². The van der Waals surface area contributed by atoms with Gasteiger partial charge in [-0.25, -0.2) is 0 Å². The number of benzene rings is 1. The Hall–Kier alpha value is -0.750. The molecule has 114 valence electrons. The standard InChI is InChI=1S/C14H20BrF3N2/c1-3-7-19-9-11-5-6-13(12(15)8-11)20(4-2)10-14(16,17)18/h5-6,8,19H,3-4,7,9-10H2,1-2H3. The molecular formula is C14H20BrF3N2. The first-order chi connectivity index (χ1) is 9.37. The molecule has 0 saturated carbocycles. The van der Waals surface area contributed by atoms with Gasteiger partial charge in [0.15, 0.2) is 0 Å². The highest BCUT2D eigenvalue weighted by molar-refractivity contribution is 9.10. The van der Waals surface area contributed by atoms with Crippen molar-refractivity contribution in [3.8, 4) is 0 Å². The minimum absolute atomic E-state index is 0.311. The smallest absolute Gasteiger partial charge is 0.362 e. The first-order valence-electron chi connectivity index (χ1n) is 6.68. The summed E-state index contributed by atoms with van der Waals surface area (Å²) in [5.41, 5.74) is 1.63. The number of nitrogens with zero attached hydrogens (tertiary/aromatic N) is 1. The highest BCUT2D eigenvalue weighted by atomic mass is 79.9. The molecule has 0 spiro atoms. The molecule has 20 heavy (non-hydrogen) atoms. The number of nitrogens with one attached hydrogen (secondary N) is 1. The molecule has 0 fully saturated rings. The summed E-state index contributed by atoms with van der Waals surface area (Å²) in [5.74, 6) is 0. The predicted octanol–water partition coefficient (Wildman–Crippen LogP) is 4.34. The second kappa shape index (κ2) is 7.88. The minimum atomic E-state index is -4.20. The maximum atomic E-state index is 12.5. The fourth-order valence-electron chi connectivity index (χ4n) is 1.91. The Morgan fingerprint density at radius 2 is 1.95 bits per heavy atom. The average Bonchev–Trinajstić information content (AvgIpc) is 2.36. The summed E-state index contributed by atoms with van der Waals surface area (Å²) < 4.78 is 38.3. The van der Waals surface area contributed by atoms with Crippen LogP contribution in [0.2, 0.25) is 0 Å². The summed E-state index contributed by atoms with van der Waals surface area (Å²) in [4.78, 5) is 1.31. The monoisotopic (exact) mass is 352 g/mol. The summed E-state index contributed by atoms with van der Waals surface area (Å²) in [7, 11) is 0. The Morgan fingerprint density at radius 1 is 1.25 bits per heavy atom. The average molecular weight is 353 g/mol. The van der Waals surface area contributed by atoms with Crippen molar-refractivity contribution in [3.63, 3.8) is 0 Å². The Bertz CT molecular complexity index is 421. The van der Waals surface area contributed by atoms with E-state index in [1.54, 1.807) is 13.0 Å². The topological polar surface area (TPSA) is 15.3 Å². The van der Waals surface area contributed by atoms with Crippen LogP contribution in [0.4, 0.5) is 18.9 Å². The summed E-state index contributed by atoms with van der Waals surface area (Å²) in [5, 5.41) is 3.27. The van der Waals surface area contributed by atoms with Crippen molar-refractivity contribution in [3.05, 3.63) is 28.2 Å². The summed E-state index contributed by atoms with van der Waals surface area (Å²) >= 11 is 3.37. The van der Waals surface area contributed by atoms with Gasteiger partial charge in [0.1, 0.15) is 6.54 Å². The van der Waals surface area contributed by atoms with E-state index in [9.17, 15) is 13.2 Å². The van der Waals surface area contributed by atoms with Crippen molar-refractivity contribution in [2.75, 3.05) is 24.5 Å². The van der Waals surface area contributed by atoms with Crippen molar-refractivity contribution >= 4 is 21.6 Å². The van der Waals surface area contributed by atoms with E-state index in [2.05, 4.69) is 28.2 Å². The molecule has 1 rings (SSSR count). The Balaban J connectivity index is 2.79. The normalized spacial score (nSPS) is 11.7. The quantitative estimate of drug-likeness (QED) is 0.734. The second-order valence-corrected chi connectivity index (χ2v) is 5.45. The lowest BCUT2D eigenvalue weighted by molar-refractivity contribution is -0.119. The van der Waals surface area contributed by atoms with Crippen molar-refractivity contribution < 1.29 is 13.2 Å². The van der Waals surface area contributed by atoms with Crippen LogP contribution < -0.4 is 10.2 Å². The van der Waals surface area contributed by atoms with Crippen LogP contribution >= 0.6 is 15.9 Å². The lowest BCUT2D eigenvalue weighted by atomic mass is 10.2. The Kier molecular flexibility index (Phi) is 6.82. The van der Waals surface area contributed by atoms with E-state index in [4.69, 9.17) is 0 Å². The van der Waals surface area contributed by atoms with E-state index in [0.29, 0.717) is 16.7 Å². The molecular weight excluding hydrogens is 333 g/mol. The van der Waals surface area contributed by atoms with Crippen molar-refractivity contribution in [2.45, 2.75) is 33.0 Å². The Morgan fingerprint density at radius 3 is 2.45 bits per heavy atom. The first kappa shape index (κ1) is 17.3. The lowest BCUT2D eigenvalue weighted by Gasteiger charge is -2.25. The van der Waals surface area contributed by atoms with Gasteiger partial charge < -0.3 is 10.2 Å². The molecule has 0 unspecified atom stereocenters. The molecule has 2 nitrogen and oxygen atoms in total. The van der Waals surface area contributed by atoms with Crippen LogP contribution in [0.15, 0.2) is 22.7 Å². The zero-order valence-electron chi connectivity index (χ0n) is 11.7. The zero-order valence-corrected chi connectivity index (χ0v) is 13.3. The van der Waals surface area contributed by atoms with Gasteiger partial charge >= 0.3 is 6.18 Å². The summed E-state index contributed by atoms with van der Waals surface area (Å²) in [6.45, 7) is 4.82. The molecule has 0 bridgehead atoms. The van der Waals surface area contributed by atoms with Crippen LogP contribution in [-0.2, 0) is 6.54 Å². The third-order valence-electron chi connectivity index (χ3n) is 2.86. The zero-order chi connectivity index (χ0) is 15.2. The van der Waals surface area contributed by atoms with Gasteiger partial charge in [-0.15, -0.1) is 0 Å². The summed E-state index contributed by atoms with van der Waals surface area (Å²) in [6.07, 6.45) is -3.15. The third-order valence-corrected chi connectivity index (χ3v) is 3.50. The first-order valence-corrected chi connectivity index (χ1v) is 7.47. The maximum absolute atomic E-state index is 12.5. The van der Waals surface area contributed by atoms with Gasteiger partial charge in [-0.2, -0.15) is 13.2 Å². The van der Waals surface area contributed by atoms with E-state index >= 15 is 0 Å². The molecule has 0 aliphatic carbocycles. The van der Waals surface area contributed by atoms with E-state index in [1.807, 2.05) is 12.1 Å². The van der Waals surface area contributed by atoms with Crippen molar-refractivity contribution in [2.24, 2.45) is 0 Å². The second-order valence-electron chi connectivity index (χ2n) is 4.59. The van der Waals surface area contributed by atoms with Crippen LogP contribution in [-0.4, -0.2) is 25.8 Å². The molecule has 0 heterocycles. The van der Waals surface area contributed by atoms with Gasteiger partial charge in [0.2, 0.25) is 0 Å². The fourth-order valence-corrected chi connectivity index (χ4v) is 2.59. The predicted molar refractivity (Wildman–Crippen MR) is 80.1 cm³/mol. The molecule has 0 saturated heterocycles. The van der Waals surface area contributed by atoms with E-state index in [1.165, 1.54) is 4.90 Å². The molecule has 1 aromatic carbocycles. The molecule has 0 atom stereocenters. The molecule has 0 radical (unpaired) electrons. The molecule has 0 aromatic heterocycles. The molecule has 0 aliphatic heterocycles. The van der Waals surface area contributed by atoms with Crippen LogP contribution in [0, 0.1) is 0 Å². The molecule has 6 heteroatoms. The third kappa shape index (κ3) is 5.71. The van der Waals surface area contributed by atoms with Crippen LogP contribution in [0.1, 0.15) is 25.8 Å². The number of hydrogen-bond acceptors (Lipinski definition) is 2. The molecule has 0 amide bonds. The van der Waals surface area contributed by atoms with E-state index in [-0.39, 0.29) is 0 Å². The van der Waals surface area contributed by atoms with Gasteiger partial charge in [0.05, 0.1) is 5.69 Å². The van der Waals surface area contributed by atoms with Crippen LogP contribution in [0.25, 0.3) is 0 Å². The fraction of sp³-hybridized carbons (Fsp3) is 0.571. The number of rotatable bonds is 7. The lowest BCUT2D eigenvalue weighted by Crippen LogP contribution is -2.34.